The van der Waals surface area contributed by atoms with Gasteiger partial charge in [-0.2, -0.15) is 12.6 Å². The number of carbonyl (C=O) groups is 1. The highest BCUT2D eigenvalue weighted by atomic mass is 32.1. The van der Waals surface area contributed by atoms with Gasteiger partial charge in [0.2, 0.25) is 0 Å². The van der Waals surface area contributed by atoms with Gasteiger partial charge < -0.3 is 19.5 Å². The summed E-state index contributed by atoms with van der Waals surface area (Å²) >= 11 is 4.02. The molecule has 5 nitrogen and oxygen atoms in total. The average molecular weight is 293 g/mol. The average Bonchev–Trinajstić information content (AvgIpc) is 2.35. The molecule has 1 unspecified atom stereocenters. The van der Waals surface area contributed by atoms with Gasteiger partial charge in [-0.3, -0.25) is 4.79 Å². The Labute approximate surface area is 121 Å². The Kier molecular flexibility index (Phi) is 12.8. The van der Waals surface area contributed by atoms with Gasteiger partial charge >= 0.3 is 0 Å². The molecule has 1 atom stereocenters. The van der Waals surface area contributed by atoms with E-state index in [0.717, 1.165) is 6.54 Å². The fourth-order valence-corrected chi connectivity index (χ4v) is 1.23. The zero-order chi connectivity index (χ0) is 14.5. The van der Waals surface area contributed by atoms with Crippen molar-refractivity contribution in [3.8, 4) is 0 Å². The van der Waals surface area contributed by atoms with Crippen molar-refractivity contribution in [2.45, 2.75) is 32.1 Å². The molecule has 0 aliphatic rings. The maximum absolute atomic E-state index is 11.2. The summed E-state index contributed by atoms with van der Waals surface area (Å²) in [5.41, 5.74) is 0. The smallest absolute Gasteiger partial charge is 0.170 e. The van der Waals surface area contributed by atoms with Crippen LogP contribution in [-0.4, -0.2) is 63.3 Å². The number of carbonyl (C=O) groups excluding carboxylic acids is 1. The van der Waals surface area contributed by atoms with Gasteiger partial charge in [0.05, 0.1) is 38.3 Å². The molecule has 0 radical (unpaired) electrons. The van der Waals surface area contributed by atoms with Crippen LogP contribution in [0.25, 0.3) is 0 Å². The first-order chi connectivity index (χ1) is 9.04. The normalized spacial score (nSPS) is 12.9. The monoisotopic (exact) mass is 293 g/mol. The van der Waals surface area contributed by atoms with Crippen LogP contribution in [-0.2, 0) is 19.0 Å². The Balaban J connectivity index is 3.09. The second kappa shape index (κ2) is 12.9. The minimum absolute atomic E-state index is 0.00989. The minimum Gasteiger partial charge on any atom is -0.378 e. The standard InChI is InChI=1S/C13H27NO4S/c1-11(2)14-4-5-16-6-7-17-8-9-18-10-13(15)12(3)19/h11-12,14,19H,4-10H2,1-3H3. The van der Waals surface area contributed by atoms with Gasteiger partial charge in [-0.1, -0.05) is 13.8 Å². The molecule has 19 heavy (non-hydrogen) atoms. The van der Waals surface area contributed by atoms with Gasteiger partial charge in [0.1, 0.15) is 6.61 Å². The molecule has 0 fully saturated rings. The summed E-state index contributed by atoms with van der Waals surface area (Å²) in [5.74, 6) is -0.00989. The molecule has 0 aliphatic carbocycles. The Hall–Kier alpha value is -0.140. The van der Waals surface area contributed by atoms with Crippen molar-refractivity contribution in [1.29, 1.82) is 0 Å². The van der Waals surface area contributed by atoms with Gasteiger partial charge in [0.15, 0.2) is 5.78 Å². The third-order valence-corrected chi connectivity index (χ3v) is 2.54. The highest BCUT2D eigenvalue weighted by Crippen LogP contribution is 1.94. The van der Waals surface area contributed by atoms with Crippen LogP contribution < -0.4 is 5.32 Å². The van der Waals surface area contributed by atoms with Crippen LogP contribution >= 0.6 is 12.6 Å². The van der Waals surface area contributed by atoms with Crippen molar-refractivity contribution in [3.05, 3.63) is 0 Å². The first-order valence-electron chi connectivity index (χ1n) is 6.71. The number of rotatable bonds is 13. The van der Waals surface area contributed by atoms with Crippen LogP contribution in [0, 0.1) is 0 Å². The summed E-state index contributed by atoms with van der Waals surface area (Å²) in [4.78, 5) is 11.2. The van der Waals surface area contributed by atoms with Crippen LogP contribution in [0.15, 0.2) is 0 Å². The predicted octanol–water partition coefficient (Wildman–Crippen LogP) is 0.922. The van der Waals surface area contributed by atoms with Crippen LogP contribution in [0.1, 0.15) is 20.8 Å². The van der Waals surface area contributed by atoms with Gasteiger partial charge in [0, 0.05) is 12.6 Å². The summed E-state index contributed by atoms with van der Waals surface area (Å²) < 4.78 is 15.8. The van der Waals surface area contributed by atoms with E-state index in [-0.39, 0.29) is 17.6 Å². The van der Waals surface area contributed by atoms with E-state index in [1.807, 2.05) is 0 Å². The number of Topliss-reactive ketones (excluding diaryl/α,β-unsaturated/α-hetero) is 1. The summed E-state index contributed by atoms with van der Waals surface area (Å²) in [6.07, 6.45) is 0. The van der Waals surface area contributed by atoms with E-state index >= 15 is 0 Å². The van der Waals surface area contributed by atoms with E-state index < -0.39 is 0 Å². The maximum atomic E-state index is 11.2. The van der Waals surface area contributed by atoms with E-state index in [2.05, 4.69) is 31.8 Å². The second-order valence-electron chi connectivity index (χ2n) is 4.53. The SMILES string of the molecule is CC(C)NCCOCCOCCOCC(=O)C(C)S. The maximum Gasteiger partial charge on any atom is 0.170 e. The van der Waals surface area contributed by atoms with Gasteiger partial charge in [-0.25, -0.2) is 0 Å². The number of ketones is 1. The van der Waals surface area contributed by atoms with Crippen LogP contribution in [0.3, 0.4) is 0 Å². The summed E-state index contributed by atoms with van der Waals surface area (Å²) in [6, 6.07) is 0.486. The van der Waals surface area contributed by atoms with Crippen molar-refractivity contribution in [2.24, 2.45) is 0 Å². The zero-order valence-electron chi connectivity index (χ0n) is 12.2. The molecule has 0 aromatic heterocycles. The van der Waals surface area contributed by atoms with Crippen molar-refractivity contribution in [1.82, 2.24) is 5.32 Å². The first kappa shape index (κ1) is 18.9. The molecule has 0 spiro atoms. The lowest BCUT2D eigenvalue weighted by Gasteiger charge is -2.09. The lowest BCUT2D eigenvalue weighted by Crippen LogP contribution is -2.27. The van der Waals surface area contributed by atoms with Crippen molar-refractivity contribution >= 4 is 18.4 Å². The Morgan fingerprint density at radius 2 is 1.53 bits per heavy atom. The third-order valence-electron chi connectivity index (χ3n) is 2.25. The number of nitrogens with one attached hydrogen (secondary N) is 1. The molecule has 0 saturated heterocycles. The van der Waals surface area contributed by atoms with Crippen LogP contribution in [0.2, 0.25) is 0 Å². The van der Waals surface area contributed by atoms with E-state index in [1.54, 1.807) is 6.92 Å². The lowest BCUT2D eigenvalue weighted by molar-refractivity contribution is -0.123. The highest BCUT2D eigenvalue weighted by Gasteiger charge is 2.07. The van der Waals surface area contributed by atoms with Crippen molar-refractivity contribution in [2.75, 3.05) is 46.2 Å². The fraction of sp³-hybridized carbons (Fsp3) is 0.923. The predicted molar refractivity (Wildman–Crippen MR) is 79.1 cm³/mol. The summed E-state index contributed by atoms with van der Waals surface area (Å²) in [7, 11) is 0. The first-order valence-corrected chi connectivity index (χ1v) is 7.23. The number of ether oxygens (including phenoxy) is 3. The molecular formula is C13H27NO4S. The van der Waals surface area contributed by atoms with Crippen molar-refractivity contribution in [3.63, 3.8) is 0 Å². The molecule has 0 saturated carbocycles. The van der Waals surface area contributed by atoms with Gasteiger partial charge in [-0.05, 0) is 6.92 Å². The molecule has 0 aromatic carbocycles. The molecule has 6 heteroatoms. The lowest BCUT2D eigenvalue weighted by atomic mass is 10.3. The van der Waals surface area contributed by atoms with Gasteiger partial charge in [0.25, 0.3) is 0 Å². The molecule has 114 valence electrons. The van der Waals surface area contributed by atoms with Crippen LogP contribution in [0.5, 0.6) is 0 Å². The van der Waals surface area contributed by atoms with Crippen molar-refractivity contribution < 1.29 is 19.0 Å². The number of thiol groups is 1. The molecule has 0 rings (SSSR count). The topological polar surface area (TPSA) is 56.8 Å². The Bertz CT molecular complexity index is 225. The van der Waals surface area contributed by atoms with E-state index in [4.69, 9.17) is 14.2 Å². The molecule has 0 aliphatic heterocycles. The van der Waals surface area contributed by atoms with E-state index in [0.29, 0.717) is 39.1 Å². The largest absolute Gasteiger partial charge is 0.378 e. The minimum atomic E-state index is -0.270. The molecule has 0 heterocycles. The van der Waals surface area contributed by atoms with E-state index in [1.165, 1.54) is 0 Å². The number of hydrogen-bond acceptors (Lipinski definition) is 6. The van der Waals surface area contributed by atoms with E-state index in [9.17, 15) is 4.79 Å². The van der Waals surface area contributed by atoms with Gasteiger partial charge in [-0.15, -0.1) is 0 Å². The summed E-state index contributed by atoms with van der Waals surface area (Å²) in [5, 5.41) is 2.99. The molecular weight excluding hydrogens is 266 g/mol. The second-order valence-corrected chi connectivity index (χ2v) is 5.30. The zero-order valence-corrected chi connectivity index (χ0v) is 13.1. The highest BCUT2D eigenvalue weighted by molar-refractivity contribution is 7.81. The Morgan fingerprint density at radius 1 is 1.00 bits per heavy atom. The molecule has 1 N–H and O–H groups in total. The quantitative estimate of drug-likeness (QED) is 0.391. The number of hydrogen-bond donors (Lipinski definition) is 2. The third kappa shape index (κ3) is 14.1. The summed E-state index contributed by atoms with van der Waals surface area (Å²) in [6.45, 7) is 9.58. The fourth-order valence-electron chi connectivity index (χ4n) is 1.15. The molecule has 0 amide bonds. The molecule has 0 bridgehead atoms. The Morgan fingerprint density at radius 3 is 2.05 bits per heavy atom. The molecule has 0 aromatic rings. The van der Waals surface area contributed by atoms with Crippen LogP contribution in [0.4, 0.5) is 0 Å².